The average molecular weight is 279 g/mol. The van der Waals surface area contributed by atoms with Gasteiger partial charge in [0.1, 0.15) is 5.82 Å². The molecule has 1 fully saturated rings. The van der Waals surface area contributed by atoms with E-state index in [1.54, 1.807) is 11.1 Å². The van der Waals surface area contributed by atoms with Crippen LogP contribution in [0.3, 0.4) is 0 Å². The van der Waals surface area contributed by atoms with Crippen LogP contribution in [0.2, 0.25) is 0 Å². The zero-order valence-corrected chi connectivity index (χ0v) is 12.0. The highest BCUT2D eigenvalue weighted by Gasteiger charge is 2.30. The first kappa shape index (κ1) is 14.6. The van der Waals surface area contributed by atoms with Crippen molar-refractivity contribution in [1.29, 1.82) is 0 Å². The van der Waals surface area contributed by atoms with E-state index >= 15 is 0 Å². The number of imidazole rings is 1. The molecule has 0 spiro atoms. The second kappa shape index (κ2) is 6.07. The summed E-state index contributed by atoms with van der Waals surface area (Å²) < 4.78 is 1.99. The van der Waals surface area contributed by atoms with Crippen LogP contribution in [0.1, 0.15) is 38.4 Å². The van der Waals surface area contributed by atoms with Crippen molar-refractivity contribution < 1.29 is 14.7 Å². The maximum atomic E-state index is 12.1. The van der Waals surface area contributed by atoms with Crippen LogP contribution in [0, 0.1) is 5.92 Å². The molecule has 0 aliphatic carbocycles. The maximum absolute atomic E-state index is 12.1. The van der Waals surface area contributed by atoms with E-state index in [0.29, 0.717) is 38.4 Å². The Labute approximate surface area is 118 Å². The van der Waals surface area contributed by atoms with E-state index in [-0.39, 0.29) is 5.91 Å². The predicted octanol–water partition coefficient (Wildman–Crippen LogP) is 1.33. The summed E-state index contributed by atoms with van der Waals surface area (Å²) in [6.07, 6.45) is 4.58. The molecule has 0 aromatic carbocycles. The molecule has 1 saturated heterocycles. The smallest absolute Gasteiger partial charge is 0.308 e. The van der Waals surface area contributed by atoms with E-state index in [4.69, 9.17) is 5.11 Å². The molecule has 1 aliphatic heterocycles. The van der Waals surface area contributed by atoms with Crippen LogP contribution in [-0.2, 0) is 16.1 Å². The lowest BCUT2D eigenvalue weighted by molar-refractivity contribution is -0.141. The molecule has 1 aromatic rings. The van der Waals surface area contributed by atoms with Crippen molar-refractivity contribution in [3.8, 4) is 0 Å². The first-order valence-electron chi connectivity index (χ1n) is 7.00. The van der Waals surface area contributed by atoms with Crippen molar-refractivity contribution in [1.82, 2.24) is 14.5 Å². The van der Waals surface area contributed by atoms with Gasteiger partial charge in [-0.2, -0.15) is 0 Å². The number of rotatable bonds is 5. The molecule has 0 bridgehead atoms. The largest absolute Gasteiger partial charge is 0.481 e. The van der Waals surface area contributed by atoms with Gasteiger partial charge in [0.2, 0.25) is 5.91 Å². The first-order chi connectivity index (χ1) is 9.49. The number of likely N-dealkylation sites (tertiary alicyclic amines) is 1. The van der Waals surface area contributed by atoms with E-state index in [2.05, 4.69) is 18.8 Å². The third-order valence-electron chi connectivity index (χ3n) is 3.72. The lowest BCUT2D eigenvalue weighted by Crippen LogP contribution is -2.30. The summed E-state index contributed by atoms with van der Waals surface area (Å²) in [4.78, 5) is 28.9. The van der Waals surface area contributed by atoms with E-state index < -0.39 is 11.9 Å². The number of hydrogen-bond acceptors (Lipinski definition) is 3. The average Bonchev–Trinajstić information content (AvgIpc) is 3.04. The van der Waals surface area contributed by atoms with Gasteiger partial charge < -0.3 is 14.6 Å². The number of amides is 1. The molecule has 2 rings (SSSR count). The van der Waals surface area contributed by atoms with Crippen molar-refractivity contribution in [2.45, 2.75) is 39.2 Å². The zero-order chi connectivity index (χ0) is 14.7. The van der Waals surface area contributed by atoms with Crippen molar-refractivity contribution in [3.63, 3.8) is 0 Å². The van der Waals surface area contributed by atoms with Gasteiger partial charge in [-0.1, -0.05) is 13.8 Å². The van der Waals surface area contributed by atoms with Gasteiger partial charge in [-0.3, -0.25) is 9.59 Å². The highest BCUT2D eigenvalue weighted by Crippen LogP contribution is 2.18. The molecule has 110 valence electrons. The van der Waals surface area contributed by atoms with E-state index in [9.17, 15) is 9.59 Å². The fourth-order valence-electron chi connectivity index (χ4n) is 2.57. The van der Waals surface area contributed by atoms with E-state index in [0.717, 1.165) is 5.82 Å². The van der Waals surface area contributed by atoms with Crippen molar-refractivity contribution in [2.24, 2.45) is 5.92 Å². The summed E-state index contributed by atoms with van der Waals surface area (Å²) in [5, 5.41) is 8.94. The van der Waals surface area contributed by atoms with Gasteiger partial charge in [0, 0.05) is 44.4 Å². The van der Waals surface area contributed by atoms with E-state index in [1.165, 1.54) is 0 Å². The number of aryl methyl sites for hydroxylation is 1. The molecule has 1 N–H and O–H groups in total. The standard InChI is InChI=1S/C14H21N3O3/c1-10(2)13-15-5-8-16(13)7-4-12(18)17-6-3-11(9-17)14(19)20/h5,8,10-11H,3-4,6-7,9H2,1-2H3,(H,19,20)/t11-/m0/s1. The fraction of sp³-hybridized carbons (Fsp3) is 0.643. The molecule has 2 heterocycles. The van der Waals surface area contributed by atoms with Gasteiger partial charge in [0.25, 0.3) is 0 Å². The van der Waals surface area contributed by atoms with Gasteiger partial charge >= 0.3 is 5.97 Å². The van der Waals surface area contributed by atoms with Crippen LogP contribution in [-0.4, -0.2) is 44.5 Å². The molecule has 1 atom stereocenters. The number of carbonyl (C=O) groups is 2. The molecular formula is C14H21N3O3. The Morgan fingerprint density at radius 2 is 2.25 bits per heavy atom. The summed E-state index contributed by atoms with van der Waals surface area (Å²) in [5.74, 6) is 0.110. The summed E-state index contributed by atoms with van der Waals surface area (Å²) in [5.41, 5.74) is 0. The highest BCUT2D eigenvalue weighted by molar-refractivity contribution is 5.78. The molecule has 20 heavy (non-hydrogen) atoms. The summed E-state index contributed by atoms with van der Waals surface area (Å²) in [6.45, 7) is 5.63. The second-order valence-corrected chi connectivity index (χ2v) is 5.55. The van der Waals surface area contributed by atoms with Crippen LogP contribution in [0.4, 0.5) is 0 Å². The van der Waals surface area contributed by atoms with E-state index in [1.807, 2.05) is 10.8 Å². The predicted molar refractivity (Wildman–Crippen MR) is 73.3 cm³/mol. The Bertz CT molecular complexity index is 496. The highest BCUT2D eigenvalue weighted by atomic mass is 16.4. The number of aliphatic carboxylic acids is 1. The SMILES string of the molecule is CC(C)c1nccn1CCC(=O)N1CC[C@H](C(=O)O)C1. The van der Waals surface area contributed by atoms with Crippen LogP contribution >= 0.6 is 0 Å². The van der Waals surface area contributed by atoms with Gasteiger partial charge in [-0.25, -0.2) is 4.98 Å². The summed E-state index contributed by atoms with van der Waals surface area (Å²) in [7, 11) is 0. The first-order valence-corrected chi connectivity index (χ1v) is 7.00. The van der Waals surface area contributed by atoms with Gasteiger partial charge in [-0.05, 0) is 6.42 Å². The molecule has 1 aromatic heterocycles. The Morgan fingerprint density at radius 1 is 1.50 bits per heavy atom. The van der Waals surface area contributed by atoms with Gasteiger partial charge in [-0.15, -0.1) is 0 Å². The Balaban J connectivity index is 1.87. The summed E-state index contributed by atoms with van der Waals surface area (Å²) in [6, 6.07) is 0. The number of carbonyl (C=O) groups excluding carboxylic acids is 1. The van der Waals surface area contributed by atoms with Crippen LogP contribution < -0.4 is 0 Å². The maximum Gasteiger partial charge on any atom is 0.308 e. The van der Waals surface area contributed by atoms with Gasteiger partial charge in [0.05, 0.1) is 5.92 Å². The molecule has 0 saturated carbocycles. The minimum Gasteiger partial charge on any atom is -0.481 e. The van der Waals surface area contributed by atoms with Gasteiger partial charge in [0.15, 0.2) is 0 Å². The van der Waals surface area contributed by atoms with Crippen molar-refractivity contribution in [3.05, 3.63) is 18.2 Å². The lowest BCUT2D eigenvalue weighted by atomic mass is 10.1. The molecule has 1 aliphatic rings. The van der Waals surface area contributed by atoms with Crippen LogP contribution in [0.5, 0.6) is 0 Å². The molecule has 6 heteroatoms. The third-order valence-corrected chi connectivity index (χ3v) is 3.72. The topological polar surface area (TPSA) is 75.4 Å². The Hall–Kier alpha value is -1.85. The molecule has 0 unspecified atom stereocenters. The second-order valence-electron chi connectivity index (χ2n) is 5.55. The minimum atomic E-state index is -0.808. The number of aromatic nitrogens is 2. The van der Waals surface area contributed by atoms with Crippen molar-refractivity contribution >= 4 is 11.9 Å². The number of carboxylic acid groups (broad SMARTS) is 1. The monoisotopic (exact) mass is 279 g/mol. The summed E-state index contributed by atoms with van der Waals surface area (Å²) >= 11 is 0. The number of hydrogen-bond donors (Lipinski definition) is 1. The normalized spacial score (nSPS) is 18.8. The Kier molecular flexibility index (Phi) is 4.42. The fourth-order valence-corrected chi connectivity index (χ4v) is 2.57. The molecule has 1 amide bonds. The zero-order valence-electron chi connectivity index (χ0n) is 12.0. The van der Waals surface area contributed by atoms with Crippen LogP contribution in [0.25, 0.3) is 0 Å². The molecule has 0 radical (unpaired) electrons. The number of carboxylic acids is 1. The minimum absolute atomic E-state index is 0.0251. The van der Waals surface area contributed by atoms with Crippen molar-refractivity contribution in [2.75, 3.05) is 13.1 Å². The molecular weight excluding hydrogens is 258 g/mol. The quantitative estimate of drug-likeness (QED) is 0.882. The third kappa shape index (κ3) is 3.18. The Morgan fingerprint density at radius 3 is 2.85 bits per heavy atom. The van der Waals surface area contributed by atoms with Crippen LogP contribution in [0.15, 0.2) is 12.4 Å². The molecule has 6 nitrogen and oxygen atoms in total. The number of nitrogens with zero attached hydrogens (tertiary/aromatic N) is 3. The lowest BCUT2D eigenvalue weighted by Gasteiger charge is -2.17.